The van der Waals surface area contributed by atoms with Crippen molar-refractivity contribution in [1.82, 2.24) is 29.1 Å². The molecule has 48 heavy (non-hydrogen) atoms. The molecular weight excluding hydrogens is 651 g/mol. The first kappa shape index (κ1) is 34.9. The maximum atomic E-state index is 13.5. The van der Waals surface area contributed by atoms with E-state index in [0.29, 0.717) is 28.2 Å². The van der Waals surface area contributed by atoms with Crippen LogP contribution >= 0.6 is 23.5 Å². The first-order chi connectivity index (χ1) is 23.0. The number of hydrogen-bond donors (Lipinski definition) is 0. The molecule has 0 aliphatic carbocycles. The number of aryl methyl sites for hydroxylation is 3. The van der Waals surface area contributed by atoms with Crippen molar-refractivity contribution in [2.45, 2.75) is 63.9 Å². The van der Waals surface area contributed by atoms with Gasteiger partial charge < -0.3 is 0 Å². The van der Waals surface area contributed by atoms with E-state index in [1.807, 2.05) is 47.1 Å². The monoisotopic (exact) mass is 686 g/mol. The quantitative estimate of drug-likeness (QED) is 0.122. The van der Waals surface area contributed by atoms with E-state index in [1.165, 1.54) is 53.9 Å². The Labute approximate surface area is 285 Å². The molecule has 0 radical (unpaired) electrons. The standard InChI is InChI=1S/C19H20FN3OS.C17H16FN3OS/c1-5-12(3)23-16(24)9-8-15-17(21-19(25-4)22-18(15)23)14-7-6-13(20)10-11(14)2;1-4-21-14(22)8-7-13-15(19-17(23-3)20-16(13)21)12-6-5-11(18)9-10(12)2/h6-10,12H,5H2,1-4H3;5-9H,4H2,1-3H3. The lowest BCUT2D eigenvalue weighted by Gasteiger charge is -2.17. The number of rotatable bonds is 7. The lowest BCUT2D eigenvalue weighted by molar-refractivity contribution is 0.526. The zero-order chi connectivity index (χ0) is 34.7. The minimum atomic E-state index is -0.278. The molecule has 6 aromatic rings. The lowest BCUT2D eigenvalue weighted by atomic mass is 10.0. The largest absolute Gasteiger partial charge is 0.293 e. The molecule has 0 aliphatic rings. The van der Waals surface area contributed by atoms with Crippen LogP contribution in [0.5, 0.6) is 0 Å². The van der Waals surface area contributed by atoms with Gasteiger partial charge in [0.2, 0.25) is 0 Å². The lowest BCUT2D eigenvalue weighted by Crippen LogP contribution is -2.23. The first-order valence-electron chi connectivity index (χ1n) is 15.5. The van der Waals surface area contributed by atoms with Crippen LogP contribution in [0.3, 0.4) is 0 Å². The van der Waals surface area contributed by atoms with E-state index in [1.54, 1.807) is 39.5 Å². The van der Waals surface area contributed by atoms with Crippen LogP contribution in [-0.2, 0) is 6.54 Å². The van der Waals surface area contributed by atoms with Crippen LogP contribution in [0.1, 0.15) is 44.4 Å². The smallest absolute Gasteiger partial charge is 0.252 e. The van der Waals surface area contributed by atoms with Gasteiger partial charge in [0.15, 0.2) is 10.3 Å². The molecule has 0 saturated carbocycles. The molecule has 8 nitrogen and oxygen atoms in total. The second-order valence-corrected chi connectivity index (χ2v) is 12.8. The molecule has 0 saturated heterocycles. The summed E-state index contributed by atoms with van der Waals surface area (Å²) in [5.41, 5.74) is 5.80. The molecule has 0 spiro atoms. The Balaban J connectivity index is 0.000000188. The summed E-state index contributed by atoms with van der Waals surface area (Å²) in [6.45, 7) is 10.2. The van der Waals surface area contributed by atoms with Gasteiger partial charge >= 0.3 is 0 Å². The molecule has 0 N–H and O–H groups in total. The third-order valence-corrected chi connectivity index (χ3v) is 9.28. The summed E-state index contributed by atoms with van der Waals surface area (Å²) in [7, 11) is 0. The maximum Gasteiger partial charge on any atom is 0.252 e. The summed E-state index contributed by atoms with van der Waals surface area (Å²) < 4.78 is 30.3. The van der Waals surface area contributed by atoms with E-state index >= 15 is 0 Å². The fourth-order valence-electron chi connectivity index (χ4n) is 5.55. The number of fused-ring (bicyclic) bond motifs is 2. The summed E-state index contributed by atoms with van der Waals surface area (Å²) in [4.78, 5) is 42.9. The van der Waals surface area contributed by atoms with Crippen molar-refractivity contribution in [2.24, 2.45) is 0 Å². The zero-order valence-electron chi connectivity index (χ0n) is 27.8. The van der Waals surface area contributed by atoms with Crippen molar-refractivity contribution in [3.8, 4) is 22.5 Å². The molecule has 0 fully saturated rings. The summed E-state index contributed by atoms with van der Waals surface area (Å²) in [5, 5.41) is 2.77. The van der Waals surface area contributed by atoms with Crippen LogP contribution in [0.25, 0.3) is 44.6 Å². The van der Waals surface area contributed by atoms with Gasteiger partial charge in [0, 0.05) is 46.6 Å². The van der Waals surface area contributed by atoms with Crippen molar-refractivity contribution in [1.29, 1.82) is 0 Å². The van der Waals surface area contributed by atoms with Gasteiger partial charge in [0.25, 0.3) is 11.1 Å². The zero-order valence-corrected chi connectivity index (χ0v) is 29.5. The fourth-order valence-corrected chi connectivity index (χ4v) is 6.27. The number of thioether (sulfide) groups is 2. The SMILES string of the molecule is CCC(C)n1c(=O)ccc2c(-c3ccc(F)cc3C)nc(SC)nc21.CCn1c(=O)ccc2c(-c3ccc(F)cc3C)nc(SC)nc21. The molecule has 0 bridgehead atoms. The van der Waals surface area contributed by atoms with Crippen LogP contribution in [0, 0.1) is 25.5 Å². The molecule has 2 aromatic carbocycles. The molecule has 4 aromatic heterocycles. The number of nitrogens with zero attached hydrogens (tertiary/aromatic N) is 6. The minimum absolute atomic E-state index is 0.0305. The van der Waals surface area contributed by atoms with Crippen molar-refractivity contribution in [3.63, 3.8) is 0 Å². The Hall–Kier alpha value is -4.42. The topological polar surface area (TPSA) is 95.6 Å². The summed E-state index contributed by atoms with van der Waals surface area (Å²) in [6.07, 6.45) is 4.61. The van der Waals surface area contributed by atoms with Crippen molar-refractivity contribution >= 4 is 45.6 Å². The van der Waals surface area contributed by atoms with Gasteiger partial charge in [-0.25, -0.2) is 28.7 Å². The number of hydrogen-bond acceptors (Lipinski definition) is 8. The van der Waals surface area contributed by atoms with E-state index in [9.17, 15) is 18.4 Å². The fraction of sp³-hybridized carbons (Fsp3) is 0.278. The normalized spacial score (nSPS) is 11.9. The Kier molecular flexibility index (Phi) is 10.7. The van der Waals surface area contributed by atoms with Gasteiger partial charge in [0.1, 0.15) is 22.9 Å². The number of pyridine rings is 2. The van der Waals surface area contributed by atoms with Crippen molar-refractivity contribution < 1.29 is 8.78 Å². The number of halogens is 2. The molecule has 4 heterocycles. The first-order valence-corrected chi connectivity index (χ1v) is 17.9. The second kappa shape index (κ2) is 14.8. The molecule has 248 valence electrons. The van der Waals surface area contributed by atoms with E-state index in [0.717, 1.165) is 50.8 Å². The molecule has 1 unspecified atom stereocenters. The second-order valence-electron chi connectivity index (χ2n) is 11.2. The van der Waals surface area contributed by atoms with Crippen LogP contribution < -0.4 is 11.1 Å². The Morgan fingerprint density at radius 3 is 1.62 bits per heavy atom. The predicted molar refractivity (Wildman–Crippen MR) is 192 cm³/mol. The van der Waals surface area contributed by atoms with Gasteiger partial charge in [-0.1, -0.05) is 30.4 Å². The Morgan fingerprint density at radius 1 is 0.688 bits per heavy atom. The third kappa shape index (κ3) is 6.91. The van der Waals surface area contributed by atoms with Gasteiger partial charge in [0.05, 0.1) is 11.4 Å². The molecular formula is C36H36F2N6O2S2. The van der Waals surface area contributed by atoms with Gasteiger partial charge in [-0.2, -0.15) is 0 Å². The van der Waals surface area contributed by atoms with Gasteiger partial charge in [-0.05, 0) is 106 Å². The highest BCUT2D eigenvalue weighted by Gasteiger charge is 2.18. The summed E-state index contributed by atoms with van der Waals surface area (Å²) in [6, 6.07) is 15.9. The van der Waals surface area contributed by atoms with Crippen LogP contribution in [-0.4, -0.2) is 41.6 Å². The molecule has 0 aliphatic heterocycles. The third-order valence-electron chi connectivity index (χ3n) is 8.18. The minimum Gasteiger partial charge on any atom is -0.293 e. The van der Waals surface area contributed by atoms with E-state index in [-0.39, 0.29) is 28.8 Å². The predicted octanol–water partition coefficient (Wildman–Crippen LogP) is 8.25. The number of benzene rings is 2. The maximum absolute atomic E-state index is 13.5. The van der Waals surface area contributed by atoms with E-state index < -0.39 is 0 Å². The average Bonchev–Trinajstić information content (AvgIpc) is 3.07. The molecule has 0 amide bonds. The van der Waals surface area contributed by atoms with Crippen LogP contribution in [0.4, 0.5) is 8.78 Å². The Morgan fingerprint density at radius 2 is 1.17 bits per heavy atom. The summed E-state index contributed by atoms with van der Waals surface area (Å²) >= 11 is 2.84. The van der Waals surface area contributed by atoms with Gasteiger partial charge in [-0.15, -0.1) is 0 Å². The van der Waals surface area contributed by atoms with Crippen LogP contribution in [0.15, 0.2) is 80.6 Å². The van der Waals surface area contributed by atoms with Crippen molar-refractivity contribution in [2.75, 3.05) is 12.5 Å². The average molecular weight is 687 g/mol. The van der Waals surface area contributed by atoms with Gasteiger partial charge in [-0.3, -0.25) is 18.7 Å². The van der Waals surface area contributed by atoms with E-state index in [2.05, 4.69) is 19.9 Å². The molecule has 12 heteroatoms. The highest BCUT2D eigenvalue weighted by Crippen LogP contribution is 2.32. The van der Waals surface area contributed by atoms with Crippen molar-refractivity contribution in [3.05, 3.63) is 104 Å². The molecule has 6 rings (SSSR count). The number of aromatic nitrogens is 6. The summed E-state index contributed by atoms with van der Waals surface area (Å²) in [5.74, 6) is -0.554. The van der Waals surface area contributed by atoms with Crippen LogP contribution in [0.2, 0.25) is 0 Å². The van der Waals surface area contributed by atoms with E-state index in [4.69, 9.17) is 0 Å². The highest BCUT2D eigenvalue weighted by atomic mass is 32.2. The molecule has 1 atom stereocenters. The highest BCUT2D eigenvalue weighted by molar-refractivity contribution is 7.98. The Bertz CT molecular complexity index is 2270.